The number of nitrogens with two attached hydrogens (primary N) is 1. The van der Waals surface area contributed by atoms with Gasteiger partial charge in [-0.05, 0) is 12.3 Å². The third-order valence-corrected chi connectivity index (χ3v) is 3.20. The largest absolute Gasteiger partial charge is 0.345 e. The van der Waals surface area contributed by atoms with Crippen molar-refractivity contribution in [3.63, 3.8) is 0 Å². The third kappa shape index (κ3) is 3.66. The molecule has 0 aromatic carbocycles. The summed E-state index contributed by atoms with van der Waals surface area (Å²) >= 11 is 0. The van der Waals surface area contributed by atoms with Crippen molar-refractivity contribution in [2.24, 2.45) is 11.7 Å². The first-order valence-electron chi connectivity index (χ1n) is 5.68. The molecule has 1 aliphatic carbocycles. The van der Waals surface area contributed by atoms with Crippen LogP contribution in [0.2, 0.25) is 0 Å². The van der Waals surface area contributed by atoms with E-state index in [4.69, 9.17) is 5.73 Å². The predicted molar refractivity (Wildman–Crippen MR) is 57.9 cm³/mol. The highest BCUT2D eigenvalue weighted by atomic mass is 16.2. The van der Waals surface area contributed by atoms with Gasteiger partial charge in [-0.15, -0.1) is 0 Å². The van der Waals surface area contributed by atoms with Crippen molar-refractivity contribution in [2.75, 3.05) is 20.1 Å². The molecule has 0 spiro atoms. The smallest absolute Gasteiger partial charge is 0.236 e. The molecule has 1 fully saturated rings. The van der Waals surface area contributed by atoms with Crippen LogP contribution in [0, 0.1) is 5.92 Å². The Balaban J connectivity index is 2.15. The summed E-state index contributed by atoms with van der Waals surface area (Å²) in [7, 11) is 1.85. The molecule has 0 heterocycles. The Bertz CT molecular complexity index is 176. The minimum absolute atomic E-state index is 0.0563. The van der Waals surface area contributed by atoms with Crippen LogP contribution in [0.15, 0.2) is 0 Å². The van der Waals surface area contributed by atoms with E-state index >= 15 is 0 Å². The molecule has 0 aromatic rings. The number of carbonyl (C=O) groups excluding carboxylic acids is 1. The van der Waals surface area contributed by atoms with Gasteiger partial charge in [0.2, 0.25) is 5.91 Å². The van der Waals surface area contributed by atoms with Gasteiger partial charge in [-0.25, -0.2) is 0 Å². The lowest BCUT2D eigenvalue weighted by Crippen LogP contribution is -2.34. The fourth-order valence-electron chi connectivity index (χ4n) is 2.13. The van der Waals surface area contributed by atoms with E-state index in [1.54, 1.807) is 4.90 Å². The van der Waals surface area contributed by atoms with Crippen LogP contribution in [0.1, 0.15) is 38.5 Å². The molecule has 1 saturated carbocycles. The van der Waals surface area contributed by atoms with Gasteiger partial charge in [0.15, 0.2) is 0 Å². The summed E-state index contributed by atoms with van der Waals surface area (Å²) in [5.41, 5.74) is 5.29. The van der Waals surface area contributed by atoms with Crippen molar-refractivity contribution in [1.82, 2.24) is 4.90 Å². The van der Waals surface area contributed by atoms with E-state index in [9.17, 15) is 4.79 Å². The Hall–Kier alpha value is -0.570. The summed E-state index contributed by atoms with van der Waals surface area (Å²) in [5.74, 6) is 0.901. The molecule has 0 bridgehead atoms. The van der Waals surface area contributed by atoms with Crippen molar-refractivity contribution in [3.05, 3.63) is 0 Å². The van der Waals surface area contributed by atoms with Crippen LogP contribution >= 0.6 is 0 Å². The topological polar surface area (TPSA) is 46.3 Å². The number of nitrogens with zero attached hydrogens (tertiary/aromatic N) is 1. The van der Waals surface area contributed by atoms with E-state index in [-0.39, 0.29) is 12.5 Å². The molecule has 1 rings (SSSR count). The average Bonchev–Trinajstić information content (AvgIpc) is 2.26. The van der Waals surface area contributed by atoms with E-state index in [2.05, 4.69) is 0 Å². The highest BCUT2D eigenvalue weighted by molar-refractivity contribution is 5.77. The summed E-state index contributed by atoms with van der Waals surface area (Å²) in [5, 5.41) is 0. The zero-order valence-electron chi connectivity index (χ0n) is 9.17. The van der Waals surface area contributed by atoms with Crippen molar-refractivity contribution in [3.8, 4) is 0 Å². The van der Waals surface area contributed by atoms with Gasteiger partial charge in [-0.1, -0.05) is 32.1 Å². The van der Waals surface area contributed by atoms with Crippen LogP contribution < -0.4 is 5.73 Å². The van der Waals surface area contributed by atoms with E-state index in [1.807, 2.05) is 7.05 Å². The van der Waals surface area contributed by atoms with Gasteiger partial charge in [0, 0.05) is 13.6 Å². The zero-order chi connectivity index (χ0) is 10.4. The van der Waals surface area contributed by atoms with Crippen LogP contribution in [0.5, 0.6) is 0 Å². The SMILES string of the molecule is CN(CCC1CCCCC1)C(=O)CN. The number of amides is 1. The van der Waals surface area contributed by atoms with Crippen LogP contribution in [-0.4, -0.2) is 30.9 Å². The Morgan fingerprint density at radius 1 is 1.36 bits per heavy atom. The zero-order valence-corrected chi connectivity index (χ0v) is 9.17. The Kier molecular flexibility index (Phi) is 4.94. The minimum atomic E-state index is 0.0563. The van der Waals surface area contributed by atoms with E-state index in [0.717, 1.165) is 18.9 Å². The van der Waals surface area contributed by atoms with Crippen molar-refractivity contribution in [2.45, 2.75) is 38.5 Å². The number of hydrogen-bond donors (Lipinski definition) is 1. The molecule has 82 valence electrons. The van der Waals surface area contributed by atoms with E-state index < -0.39 is 0 Å². The maximum atomic E-state index is 11.2. The van der Waals surface area contributed by atoms with Crippen LogP contribution in [-0.2, 0) is 4.79 Å². The quantitative estimate of drug-likeness (QED) is 0.741. The fourth-order valence-corrected chi connectivity index (χ4v) is 2.13. The maximum Gasteiger partial charge on any atom is 0.236 e. The van der Waals surface area contributed by atoms with Crippen LogP contribution in [0.4, 0.5) is 0 Å². The van der Waals surface area contributed by atoms with Crippen LogP contribution in [0.25, 0.3) is 0 Å². The normalized spacial score (nSPS) is 18.1. The molecule has 2 N–H and O–H groups in total. The number of hydrogen-bond acceptors (Lipinski definition) is 2. The Morgan fingerprint density at radius 3 is 2.57 bits per heavy atom. The van der Waals surface area contributed by atoms with Gasteiger partial charge in [0.05, 0.1) is 6.54 Å². The van der Waals surface area contributed by atoms with Crippen molar-refractivity contribution >= 4 is 5.91 Å². The fraction of sp³-hybridized carbons (Fsp3) is 0.909. The molecule has 0 aliphatic heterocycles. The Morgan fingerprint density at radius 2 is 2.00 bits per heavy atom. The standard InChI is InChI=1S/C11H22N2O/c1-13(11(14)9-12)8-7-10-5-3-2-4-6-10/h10H,2-9,12H2,1H3. The number of likely N-dealkylation sites (N-methyl/N-ethyl adjacent to an activating group) is 1. The van der Waals surface area contributed by atoms with Gasteiger partial charge in [0.1, 0.15) is 0 Å². The molecule has 14 heavy (non-hydrogen) atoms. The average molecular weight is 198 g/mol. The first-order valence-corrected chi connectivity index (χ1v) is 5.68. The van der Waals surface area contributed by atoms with Crippen molar-refractivity contribution in [1.29, 1.82) is 0 Å². The summed E-state index contributed by atoms with van der Waals surface area (Å²) in [6.07, 6.45) is 8.00. The molecule has 0 atom stereocenters. The molecule has 0 aromatic heterocycles. The summed E-state index contributed by atoms with van der Waals surface area (Å²) in [4.78, 5) is 12.9. The van der Waals surface area contributed by atoms with Gasteiger partial charge in [0.25, 0.3) is 0 Å². The monoisotopic (exact) mass is 198 g/mol. The molecular weight excluding hydrogens is 176 g/mol. The molecule has 0 unspecified atom stereocenters. The Labute approximate surface area is 86.6 Å². The molecule has 0 saturated heterocycles. The second-order valence-corrected chi connectivity index (χ2v) is 4.31. The summed E-state index contributed by atoms with van der Waals surface area (Å²) in [6, 6.07) is 0. The van der Waals surface area contributed by atoms with Crippen molar-refractivity contribution < 1.29 is 4.79 Å². The minimum Gasteiger partial charge on any atom is -0.345 e. The second-order valence-electron chi connectivity index (χ2n) is 4.31. The molecule has 1 aliphatic rings. The lowest BCUT2D eigenvalue weighted by molar-refractivity contribution is -0.128. The molecule has 3 heteroatoms. The molecule has 0 radical (unpaired) electrons. The van der Waals surface area contributed by atoms with Gasteiger partial charge in [-0.3, -0.25) is 4.79 Å². The summed E-state index contributed by atoms with van der Waals surface area (Å²) < 4.78 is 0. The number of rotatable bonds is 4. The highest BCUT2D eigenvalue weighted by Crippen LogP contribution is 2.26. The maximum absolute atomic E-state index is 11.2. The third-order valence-electron chi connectivity index (χ3n) is 3.20. The molecule has 3 nitrogen and oxygen atoms in total. The van der Waals surface area contributed by atoms with E-state index in [0.29, 0.717) is 0 Å². The molecule has 1 amide bonds. The van der Waals surface area contributed by atoms with E-state index in [1.165, 1.54) is 32.1 Å². The lowest BCUT2D eigenvalue weighted by Gasteiger charge is -2.24. The lowest BCUT2D eigenvalue weighted by atomic mass is 9.87. The van der Waals surface area contributed by atoms with Gasteiger partial charge < -0.3 is 10.6 Å². The second kappa shape index (κ2) is 6.02. The van der Waals surface area contributed by atoms with Crippen LogP contribution in [0.3, 0.4) is 0 Å². The van der Waals surface area contributed by atoms with Gasteiger partial charge in [-0.2, -0.15) is 0 Å². The number of carbonyl (C=O) groups is 1. The van der Waals surface area contributed by atoms with Gasteiger partial charge >= 0.3 is 0 Å². The highest BCUT2D eigenvalue weighted by Gasteiger charge is 2.14. The molecular formula is C11H22N2O. The first-order chi connectivity index (χ1) is 6.74. The predicted octanol–water partition coefficient (Wildman–Crippen LogP) is 1.37. The summed E-state index contributed by atoms with van der Waals surface area (Å²) in [6.45, 7) is 1.02. The first kappa shape index (κ1) is 11.5.